The predicted octanol–water partition coefficient (Wildman–Crippen LogP) is 1.81. The molecule has 0 aliphatic heterocycles. The molecule has 1 fully saturated rings. The summed E-state index contributed by atoms with van der Waals surface area (Å²) in [7, 11) is 0. The molecule has 0 aromatic carbocycles. The molecule has 0 heterocycles. The average Bonchev–Trinajstić information content (AvgIpc) is 2.50. The zero-order valence-electron chi connectivity index (χ0n) is 10.2. The summed E-state index contributed by atoms with van der Waals surface area (Å²) in [6.45, 7) is 6.24. The van der Waals surface area contributed by atoms with E-state index < -0.39 is 0 Å². The highest BCUT2D eigenvalue weighted by Crippen LogP contribution is 2.28. The van der Waals surface area contributed by atoms with E-state index in [1.807, 2.05) is 0 Å². The quantitative estimate of drug-likeness (QED) is 0.746. The Morgan fingerprint density at radius 2 is 1.93 bits per heavy atom. The number of hydrogen-bond acceptors (Lipinski definition) is 2. The van der Waals surface area contributed by atoms with E-state index in [9.17, 15) is 4.79 Å². The van der Waals surface area contributed by atoms with Crippen LogP contribution in [-0.4, -0.2) is 17.5 Å². The van der Waals surface area contributed by atoms with Crippen LogP contribution in [0.2, 0.25) is 0 Å². The first-order valence-electron chi connectivity index (χ1n) is 5.99. The average molecular weight is 212 g/mol. The topological polar surface area (TPSA) is 55.1 Å². The van der Waals surface area contributed by atoms with E-state index in [-0.39, 0.29) is 17.5 Å². The minimum absolute atomic E-state index is 0.0185. The van der Waals surface area contributed by atoms with Crippen LogP contribution >= 0.6 is 0 Å². The van der Waals surface area contributed by atoms with Crippen molar-refractivity contribution in [3.05, 3.63) is 0 Å². The lowest BCUT2D eigenvalue weighted by Crippen LogP contribution is -2.46. The molecule has 1 saturated carbocycles. The van der Waals surface area contributed by atoms with Gasteiger partial charge in [0.05, 0.1) is 0 Å². The van der Waals surface area contributed by atoms with E-state index in [1.54, 1.807) is 0 Å². The van der Waals surface area contributed by atoms with Crippen LogP contribution in [0, 0.1) is 5.92 Å². The van der Waals surface area contributed by atoms with Gasteiger partial charge in [0.2, 0.25) is 5.91 Å². The van der Waals surface area contributed by atoms with Crippen LogP contribution in [0.1, 0.15) is 52.9 Å². The van der Waals surface area contributed by atoms with Gasteiger partial charge in [-0.3, -0.25) is 4.79 Å². The first kappa shape index (κ1) is 12.5. The Balaban J connectivity index is 2.35. The zero-order chi connectivity index (χ0) is 11.5. The summed E-state index contributed by atoms with van der Waals surface area (Å²) in [5.74, 6) is 0.479. The van der Waals surface area contributed by atoms with E-state index in [4.69, 9.17) is 5.73 Å². The third-order valence-corrected chi connectivity index (χ3v) is 3.43. The number of amides is 1. The van der Waals surface area contributed by atoms with Gasteiger partial charge in [-0.25, -0.2) is 0 Å². The van der Waals surface area contributed by atoms with Crippen molar-refractivity contribution in [3.63, 3.8) is 0 Å². The van der Waals surface area contributed by atoms with Crippen molar-refractivity contribution in [2.75, 3.05) is 0 Å². The lowest BCUT2D eigenvalue weighted by molar-refractivity contribution is -0.123. The number of nitrogens with one attached hydrogen (secondary N) is 1. The smallest absolute Gasteiger partial charge is 0.221 e. The van der Waals surface area contributed by atoms with Gasteiger partial charge in [0, 0.05) is 18.0 Å². The third kappa shape index (κ3) is 3.82. The molecule has 15 heavy (non-hydrogen) atoms. The molecule has 0 radical (unpaired) electrons. The molecule has 3 N–H and O–H groups in total. The van der Waals surface area contributed by atoms with Gasteiger partial charge >= 0.3 is 0 Å². The lowest BCUT2D eigenvalue weighted by atomic mass is 9.98. The van der Waals surface area contributed by atoms with Gasteiger partial charge in [-0.1, -0.05) is 26.7 Å². The summed E-state index contributed by atoms with van der Waals surface area (Å²) >= 11 is 0. The molecule has 88 valence electrons. The number of carbonyl (C=O) groups excluding carboxylic acids is 1. The van der Waals surface area contributed by atoms with Crippen molar-refractivity contribution in [2.24, 2.45) is 11.7 Å². The Hall–Kier alpha value is -0.570. The first-order valence-corrected chi connectivity index (χ1v) is 5.99. The molecular formula is C12H24N2O. The van der Waals surface area contributed by atoms with Crippen LogP contribution in [0.4, 0.5) is 0 Å². The molecule has 0 spiro atoms. The lowest BCUT2D eigenvalue weighted by Gasteiger charge is -2.26. The summed E-state index contributed by atoms with van der Waals surface area (Å²) < 4.78 is 0. The summed E-state index contributed by atoms with van der Waals surface area (Å²) in [6.07, 6.45) is 5.12. The standard InChI is InChI=1S/C12H24N2O/c1-9(2)10(13)8-11(15)14-12(3)6-4-5-7-12/h9-10H,4-8,13H2,1-3H3,(H,14,15). The number of hydrogen-bond donors (Lipinski definition) is 2. The monoisotopic (exact) mass is 212 g/mol. The van der Waals surface area contributed by atoms with Crippen molar-refractivity contribution >= 4 is 5.91 Å². The van der Waals surface area contributed by atoms with E-state index in [0.29, 0.717) is 12.3 Å². The second-order valence-corrected chi connectivity index (χ2v) is 5.43. The molecule has 0 aromatic rings. The summed E-state index contributed by atoms with van der Waals surface area (Å²) in [5.41, 5.74) is 5.91. The molecule has 3 nitrogen and oxygen atoms in total. The van der Waals surface area contributed by atoms with Gasteiger partial charge in [-0.2, -0.15) is 0 Å². The Morgan fingerprint density at radius 1 is 1.40 bits per heavy atom. The van der Waals surface area contributed by atoms with Gasteiger partial charge < -0.3 is 11.1 Å². The maximum atomic E-state index is 11.7. The van der Waals surface area contributed by atoms with Crippen LogP contribution in [0.3, 0.4) is 0 Å². The second-order valence-electron chi connectivity index (χ2n) is 5.43. The van der Waals surface area contributed by atoms with E-state index in [2.05, 4.69) is 26.1 Å². The Morgan fingerprint density at radius 3 is 2.40 bits per heavy atom. The Labute approximate surface area is 92.8 Å². The van der Waals surface area contributed by atoms with Crippen LogP contribution in [-0.2, 0) is 4.79 Å². The first-order chi connectivity index (χ1) is 6.93. The zero-order valence-corrected chi connectivity index (χ0v) is 10.2. The molecule has 1 amide bonds. The number of nitrogens with two attached hydrogens (primary N) is 1. The van der Waals surface area contributed by atoms with Crippen LogP contribution in [0.5, 0.6) is 0 Å². The fourth-order valence-corrected chi connectivity index (χ4v) is 2.12. The summed E-state index contributed by atoms with van der Waals surface area (Å²) in [5, 5.41) is 3.12. The molecule has 1 aliphatic carbocycles. The number of rotatable bonds is 4. The molecular weight excluding hydrogens is 188 g/mol. The van der Waals surface area contributed by atoms with Crippen LogP contribution < -0.4 is 11.1 Å². The fourth-order valence-electron chi connectivity index (χ4n) is 2.12. The van der Waals surface area contributed by atoms with Gasteiger partial charge in [-0.15, -0.1) is 0 Å². The molecule has 1 unspecified atom stereocenters. The Kier molecular flexibility index (Phi) is 4.14. The number of carbonyl (C=O) groups is 1. The largest absolute Gasteiger partial charge is 0.351 e. The summed E-state index contributed by atoms with van der Waals surface area (Å²) in [6, 6.07) is -0.0185. The molecule has 1 aliphatic rings. The van der Waals surface area contributed by atoms with Gasteiger partial charge in [-0.05, 0) is 25.7 Å². The van der Waals surface area contributed by atoms with Crippen molar-refractivity contribution < 1.29 is 4.79 Å². The fraction of sp³-hybridized carbons (Fsp3) is 0.917. The van der Waals surface area contributed by atoms with Crippen LogP contribution in [0.15, 0.2) is 0 Å². The minimum atomic E-state index is -0.0185. The van der Waals surface area contributed by atoms with Crippen molar-refractivity contribution in [2.45, 2.75) is 64.5 Å². The highest BCUT2D eigenvalue weighted by molar-refractivity contribution is 5.77. The second kappa shape index (κ2) is 4.97. The molecule has 1 atom stereocenters. The van der Waals surface area contributed by atoms with E-state index in [1.165, 1.54) is 12.8 Å². The maximum absolute atomic E-state index is 11.7. The highest BCUT2D eigenvalue weighted by atomic mass is 16.1. The predicted molar refractivity (Wildman–Crippen MR) is 62.4 cm³/mol. The van der Waals surface area contributed by atoms with Crippen molar-refractivity contribution in [3.8, 4) is 0 Å². The molecule has 3 heteroatoms. The van der Waals surface area contributed by atoms with Crippen molar-refractivity contribution in [1.82, 2.24) is 5.32 Å². The molecule has 0 aromatic heterocycles. The third-order valence-electron chi connectivity index (χ3n) is 3.43. The van der Waals surface area contributed by atoms with Crippen LogP contribution in [0.25, 0.3) is 0 Å². The van der Waals surface area contributed by atoms with Gasteiger partial charge in [0.25, 0.3) is 0 Å². The maximum Gasteiger partial charge on any atom is 0.221 e. The van der Waals surface area contributed by atoms with Gasteiger partial charge in [0.1, 0.15) is 0 Å². The minimum Gasteiger partial charge on any atom is -0.351 e. The van der Waals surface area contributed by atoms with Gasteiger partial charge in [0.15, 0.2) is 0 Å². The SMILES string of the molecule is CC(C)C(N)CC(=O)NC1(C)CCCC1. The van der Waals surface area contributed by atoms with E-state index >= 15 is 0 Å². The van der Waals surface area contributed by atoms with Crippen molar-refractivity contribution in [1.29, 1.82) is 0 Å². The highest BCUT2D eigenvalue weighted by Gasteiger charge is 2.30. The Bertz CT molecular complexity index is 220. The van der Waals surface area contributed by atoms with E-state index in [0.717, 1.165) is 12.8 Å². The summed E-state index contributed by atoms with van der Waals surface area (Å²) in [4.78, 5) is 11.7. The normalized spacial score (nSPS) is 21.7. The molecule has 0 bridgehead atoms. The molecule has 1 rings (SSSR count). The molecule has 0 saturated heterocycles.